The minimum absolute atomic E-state index is 0.0880. The standard InChI is InChI=1S/C22H22ClN3O2/c23-19-10-4-9-18(16-19)20-11-12-22(28)26(25-20)15-13-21(27)24-14-5-8-17-6-2-1-3-7-17/h1-4,6-7,9-12,16H,5,8,13-15H2,(H,24,27). The van der Waals surface area contributed by atoms with E-state index in [0.717, 1.165) is 18.4 Å². The van der Waals surface area contributed by atoms with Gasteiger partial charge in [-0.05, 0) is 36.6 Å². The third-order valence-electron chi connectivity index (χ3n) is 4.34. The number of rotatable bonds is 8. The molecule has 1 N–H and O–H groups in total. The first-order valence-electron chi connectivity index (χ1n) is 9.26. The number of halogens is 1. The summed E-state index contributed by atoms with van der Waals surface area (Å²) in [6.07, 6.45) is 2.00. The van der Waals surface area contributed by atoms with Crippen molar-refractivity contribution in [2.75, 3.05) is 6.54 Å². The number of carbonyl (C=O) groups is 1. The molecule has 1 aromatic heterocycles. The Labute approximate surface area is 169 Å². The zero-order valence-corrected chi connectivity index (χ0v) is 16.2. The second kappa shape index (κ2) is 9.85. The molecule has 0 unspecified atom stereocenters. The first kappa shape index (κ1) is 19.8. The number of carbonyl (C=O) groups excluding carboxylic acids is 1. The van der Waals surface area contributed by atoms with Crippen LogP contribution in [-0.4, -0.2) is 22.2 Å². The molecule has 0 aliphatic heterocycles. The van der Waals surface area contributed by atoms with E-state index < -0.39 is 0 Å². The lowest BCUT2D eigenvalue weighted by Crippen LogP contribution is -2.29. The highest BCUT2D eigenvalue weighted by Gasteiger charge is 2.07. The summed E-state index contributed by atoms with van der Waals surface area (Å²) >= 11 is 6.02. The molecule has 0 atom stereocenters. The largest absolute Gasteiger partial charge is 0.356 e. The third-order valence-corrected chi connectivity index (χ3v) is 4.58. The van der Waals surface area contributed by atoms with Crippen LogP contribution in [0.15, 0.2) is 71.5 Å². The van der Waals surface area contributed by atoms with Gasteiger partial charge in [0.15, 0.2) is 0 Å². The van der Waals surface area contributed by atoms with Gasteiger partial charge in [-0.15, -0.1) is 0 Å². The summed E-state index contributed by atoms with van der Waals surface area (Å²) in [6.45, 7) is 0.844. The van der Waals surface area contributed by atoms with E-state index in [9.17, 15) is 9.59 Å². The number of nitrogens with zero attached hydrogens (tertiary/aromatic N) is 2. The molecule has 5 nitrogen and oxygen atoms in total. The topological polar surface area (TPSA) is 64.0 Å². The lowest BCUT2D eigenvalue weighted by atomic mass is 10.1. The third kappa shape index (κ3) is 5.79. The quantitative estimate of drug-likeness (QED) is 0.591. The van der Waals surface area contributed by atoms with E-state index >= 15 is 0 Å². The van der Waals surface area contributed by atoms with E-state index in [1.54, 1.807) is 18.2 Å². The van der Waals surface area contributed by atoms with Gasteiger partial charge in [-0.25, -0.2) is 4.68 Å². The molecule has 0 radical (unpaired) electrons. The van der Waals surface area contributed by atoms with Crippen LogP contribution in [0.5, 0.6) is 0 Å². The Hall–Kier alpha value is -2.92. The summed E-state index contributed by atoms with van der Waals surface area (Å²) in [5, 5.41) is 7.86. The summed E-state index contributed by atoms with van der Waals surface area (Å²) in [7, 11) is 0. The average Bonchev–Trinajstić information content (AvgIpc) is 2.71. The van der Waals surface area contributed by atoms with Crippen LogP contribution in [0.3, 0.4) is 0 Å². The monoisotopic (exact) mass is 395 g/mol. The maximum atomic E-state index is 12.1. The molecule has 0 saturated carbocycles. The van der Waals surface area contributed by atoms with Crippen molar-refractivity contribution >= 4 is 17.5 Å². The number of hydrogen-bond acceptors (Lipinski definition) is 3. The van der Waals surface area contributed by atoms with E-state index in [0.29, 0.717) is 17.3 Å². The van der Waals surface area contributed by atoms with Crippen molar-refractivity contribution in [2.24, 2.45) is 0 Å². The normalized spacial score (nSPS) is 10.6. The van der Waals surface area contributed by atoms with E-state index in [-0.39, 0.29) is 24.4 Å². The van der Waals surface area contributed by atoms with E-state index in [4.69, 9.17) is 11.6 Å². The van der Waals surface area contributed by atoms with Crippen LogP contribution in [0.25, 0.3) is 11.3 Å². The van der Waals surface area contributed by atoms with Crippen molar-refractivity contribution in [3.8, 4) is 11.3 Å². The zero-order chi connectivity index (χ0) is 19.8. The molecule has 0 fully saturated rings. The molecule has 6 heteroatoms. The average molecular weight is 396 g/mol. The number of nitrogens with one attached hydrogen (secondary N) is 1. The van der Waals surface area contributed by atoms with Gasteiger partial charge >= 0.3 is 0 Å². The maximum Gasteiger partial charge on any atom is 0.266 e. The summed E-state index contributed by atoms with van der Waals surface area (Å²) in [5.74, 6) is -0.0880. The summed E-state index contributed by atoms with van der Waals surface area (Å²) < 4.78 is 1.32. The van der Waals surface area contributed by atoms with Crippen LogP contribution in [0.4, 0.5) is 0 Å². The number of aromatic nitrogens is 2. The zero-order valence-electron chi connectivity index (χ0n) is 15.5. The number of amides is 1. The van der Waals surface area contributed by atoms with Gasteiger partial charge in [-0.1, -0.05) is 54.1 Å². The second-order valence-corrected chi connectivity index (χ2v) is 6.92. The lowest BCUT2D eigenvalue weighted by molar-refractivity contribution is -0.121. The van der Waals surface area contributed by atoms with E-state index in [1.165, 1.54) is 16.3 Å². The lowest BCUT2D eigenvalue weighted by Gasteiger charge is -2.08. The molecule has 0 bridgehead atoms. The van der Waals surface area contributed by atoms with Gasteiger partial charge in [0.25, 0.3) is 5.56 Å². The van der Waals surface area contributed by atoms with Gasteiger partial charge in [-0.2, -0.15) is 5.10 Å². The van der Waals surface area contributed by atoms with Crippen LogP contribution in [0.2, 0.25) is 5.02 Å². The highest BCUT2D eigenvalue weighted by Crippen LogP contribution is 2.19. The van der Waals surface area contributed by atoms with Crippen molar-refractivity contribution in [2.45, 2.75) is 25.8 Å². The Morgan fingerprint density at radius 1 is 1.04 bits per heavy atom. The Morgan fingerprint density at radius 3 is 2.64 bits per heavy atom. The molecular weight excluding hydrogens is 374 g/mol. The maximum absolute atomic E-state index is 12.1. The van der Waals surface area contributed by atoms with E-state index in [2.05, 4.69) is 22.5 Å². The molecule has 0 aliphatic carbocycles. The Balaban J connectivity index is 1.50. The van der Waals surface area contributed by atoms with Crippen molar-refractivity contribution in [3.05, 3.63) is 87.7 Å². The van der Waals surface area contributed by atoms with E-state index in [1.807, 2.05) is 30.3 Å². The van der Waals surface area contributed by atoms with Crippen molar-refractivity contribution in [3.63, 3.8) is 0 Å². The Morgan fingerprint density at radius 2 is 1.86 bits per heavy atom. The molecule has 3 aromatic rings. The smallest absolute Gasteiger partial charge is 0.266 e. The molecule has 144 valence electrons. The van der Waals surface area contributed by atoms with Gasteiger partial charge in [0.05, 0.1) is 12.2 Å². The molecule has 0 aliphatic rings. The first-order valence-corrected chi connectivity index (χ1v) is 9.64. The van der Waals surface area contributed by atoms with Crippen molar-refractivity contribution < 1.29 is 4.79 Å². The molecule has 0 saturated heterocycles. The van der Waals surface area contributed by atoms with Crippen LogP contribution in [0.1, 0.15) is 18.4 Å². The molecule has 3 rings (SSSR count). The molecule has 1 heterocycles. The number of hydrogen-bond donors (Lipinski definition) is 1. The number of aryl methyl sites for hydroxylation is 2. The van der Waals surface area contributed by atoms with Crippen molar-refractivity contribution in [1.82, 2.24) is 15.1 Å². The summed E-state index contributed by atoms with van der Waals surface area (Å²) in [6, 6.07) is 20.6. The predicted octanol–water partition coefficient (Wildman–Crippen LogP) is 3.70. The highest BCUT2D eigenvalue weighted by atomic mass is 35.5. The van der Waals surface area contributed by atoms with Gasteiger partial charge < -0.3 is 5.32 Å². The minimum atomic E-state index is -0.234. The van der Waals surface area contributed by atoms with Crippen LogP contribution in [0, 0.1) is 0 Å². The Bertz CT molecular complexity index is 986. The van der Waals surface area contributed by atoms with Gasteiger partial charge in [0, 0.05) is 29.6 Å². The molecule has 0 spiro atoms. The van der Waals surface area contributed by atoms with Gasteiger partial charge in [0.2, 0.25) is 5.91 Å². The minimum Gasteiger partial charge on any atom is -0.356 e. The SMILES string of the molecule is O=C(CCn1nc(-c2cccc(Cl)c2)ccc1=O)NCCCc1ccccc1. The fourth-order valence-corrected chi connectivity index (χ4v) is 3.06. The molecular formula is C22H22ClN3O2. The van der Waals surface area contributed by atoms with Crippen LogP contribution in [-0.2, 0) is 17.8 Å². The fraction of sp³-hybridized carbons (Fsp3) is 0.227. The highest BCUT2D eigenvalue weighted by molar-refractivity contribution is 6.30. The molecule has 2 aromatic carbocycles. The van der Waals surface area contributed by atoms with Gasteiger partial charge in [0.1, 0.15) is 0 Å². The summed E-state index contributed by atoms with van der Waals surface area (Å²) in [5.41, 5.74) is 2.49. The summed E-state index contributed by atoms with van der Waals surface area (Å²) in [4.78, 5) is 24.1. The number of benzene rings is 2. The molecule has 28 heavy (non-hydrogen) atoms. The predicted molar refractivity (Wildman–Crippen MR) is 111 cm³/mol. The second-order valence-electron chi connectivity index (χ2n) is 6.48. The first-order chi connectivity index (χ1) is 13.6. The molecule has 1 amide bonds. The Kier molecular flexibility index (Phi) is 6.98. The fourth-order valence-electron chi connectivity index (χ4n) is 2.87. The van der Waals surface area contributed by atoms with Crippen molar-refractivity contribution in [1.29, 1.82) is 0 Å². The van der Waals surface area contributed by atoms with Crippen LogP contribution >= 0.6 is 11.6 Å². The van der Waals surface area contributed by atoms with Crippen LogP contribution < -0.4 is 10.9 Å². The van der Waals surface area contributed by atoms with Gasteiger partial charge in [-0.3, -0.25) is 9.59 Å².